The van der Waals surface area contributed by atoms with E-state index in [-0.39, 0.29) is 24.2 Å². The van der Waals surface area contributed by atoms with Crippen LogP contribution in [0.1, 0.15) is 47.8 Å². The molecule has 3 aromatic carbocycles. The first kappa shape index (κ1) is 26.2. The van der Waals surface area contributed by atoms with Crippen LogP contribution in [0.25, 0.3) is 0 Å². The summed E-state index contributed by atoms with van der Waals surface area (Å²) in [5, 5.41) is 3.18. The van der Waals surface area contributed by atoms with Gasteiger partial charge in [0.1, 0.15) is 0 Å². The van der Waals surface area contributed by atoms with E-state index in [4.69, 9.17) is 16.3 Å². The van der Waals surface area contributed by atoms with Crippen molar-refractivity contribution in [3.05, 3.63) is 112 Å². The van der Waals surface area contributed by atoms with Crippen molar-refractivity contribution in [3.8, 4) is 0 Å². The van der Waals surface area contributed by atoms with Crippen LogP contribution >= 0.6 is 11.6 Å². The SMILES string of the molecule is CN1/C(=C\C(=O)COC(=O)C[C@H](NC(=O)c2ccccc2Cl)c2ccccc2)C(C)(C)c2ccccc21. The number of allylic oxidation sites excluding steroid dienone is 1. The highest BCUT2D eigenvalue weighted by Gasteiger charge is 2.38. The van der Waals surface area contributed by atoms with E-state index in [0.717, 1.165) is 22.5 Å². The van der Waals surface area contributed by atoms with Gasteiger partial charge in [-0.2, -0.15) is 0 Å². The molecule has 3 aromatic rings. The molecule has 6 nitrogen and oxygen atoms in total. The average molecular weight is 517 g/mol. The first-order valence-electron chi connectivity index (χ1n) is 12.0. The molecule has 0 bridgehead atoms. The van der Waals surface area contributed by atoms with Gasteiger partial charge in [-0.25, -0.2) is 0 Å². The number of nitrogens with one attached hydrogen (secondary N) is 1. The van der Waals surface area contributed by atoms with Crippen LogP contribution < -0.4 is 10.2 Å². The molecule has 0 aliphatic carbocycles. The quantitative estimate of drug-likeness (QED) is 0.310. The molecule has 0 fully saturated rings. The van der Waals surface area contributed by atoms with Gasteiger partial charge in [-0.15, -0.1) is 0 Å². The molecule has 190 valence electrons. The smallest absolute Gasteiger partial charge is 0.308 e. The van der Waals surface area contributed by atoms with Crippen molar-refractivity contribution in [1.82, 2.24) is 5.32 Å². The summed E-state index contributed by atoms with van der Waals surface area (Å²) in [5.41, 5.74) is 3.71. The molecule has 4 rings (SSSR count). The van der Waals surface area contributed by atoms with Crippen molar-refractivity contribution in [2.75, 3.05) is 18.6 Å². The number of para-hydroxylation sites is 1. The van der Waals surface area contributed by atoms with Gasteiger partial charge < -0.3 is 15.0 Å². The topological polar surface area (TPSA) is 75.7 Å². The minimum absolute atomic E-state index is 0.138. The number of likely N-dealkylation sites (N-methyl/N-ethyl adjacent to an activating group) is 1. The number of hydrogen-bond donors (Lipinski definition) is 1. The third kappa shape index (κ3) is 5.75. The van der Waals surface area contributed by atoms with Crippen molar-refractivity contribution >= 4 is 34.9 Å². The van der Waals surface area contributed by atoms with Gasteiger partial charge >= 0.3 is 5.97 Å². The van der Waals surface area contributed by atoms with Crippen molar-refractivity contribution in [2.45, 2.75) is 31.7 Å². The zero-order valence-corrected chi connectivity index (χ0v) is 21.8. The van der Waals surface area contributed by atoms with Gasteiger partial charge in [-0.05, 0) is 29.3 Å². The molecule has 0 unspecified atom stereocenters. The summed E-state index contributed by atoms with van der Waals surface area (Å²) in [6, 6.07) is 23.2. The molecule has 1 N–H and O–H groups in total. The van der Waals surface area contributed by atoms with Crippen LogP contribution in [0.4, 0.5) is 5.69 Å². The van der Waals surface area contributed by atoms with E-state index >= 15 is 0 Å². The van der Waals surface area contributed by atoms with Gasteiger partial charge in [0.05, 0.1) is 23.0 Å². The van der Waals surface area contributed by atoms with Crippen molar-refractivity contribution in [1.29, 1.82) is 0 Å². The summed E-state index contributed by atoms with van der Waals surface area (Å²) in [6.45, 7) is 3.74. The second-order valence-corrected chi connectivity index (χ2v) is 9.89. The van der Waals surface area contributed by atoms with Gasteiger partial charge in [0.15, 0.2) is 12.4 Å². The Bertz CT molecular complexity index is 1350. The number of esters is 1. The number of ether oxygens (including phenoxy) is 1. The molecule has 1 amide bonds. The lowest BCUT2D eigenvalue weighted by molar-refractivity contribution is -0.147. The number of ketones is 1. The second-order valence-electron chi connectivity index (χ2n) is 9.48. The van der Waals surface area contributed by atoms with Gasteiger partial charge in [-0.3, -0.25) is 14.4 Å². The second kappa shape index (κ2) is 11.0. The minimum atomic E-state index is -0.652. The number of rotatable bonds is 8. The lowest BCUT2D eigenvalue weighted by Gasteiger charge is -2.24. The number of anilines is 1. The van der Waals surface area contributed by atoms with Gasteiger partial charge in [0.25, 0.3) is 5.91 Å². The first-order chi connectivity index (χ1) is 17.7. The number of hydrogen-bond acceptors (Lipinski definition) is 5. The van der Waals surface area contributed by atoms with E-state index < -0.39 is 17.9 Å². The Morgan fingerprint density at radius 1 is 0.973 bits per heavy atom. The number of nitrogens with zero attached hydrogens (tertiary/aromatic N) is 1. The third-order valence-corrected chi connectivity index (χ3v) is 6.94. The standard InChI is InChI=1S/C30H29ClN2O4/c1-30(2)23-14-8-10-16-26(23)33(3)27(30)17-21(34)19-37-28(35)18-25(20-11-5-4-6-12-20)32-29(36)22-13-7-9-15-24(22)31/h4-17,25H,18-19H2,1-3H3,(H,32,36)/b27-17-/t25-/m0/s1. The number of carbonyl (C=O) groups excluding carboxylic acids is 3. The fourth-order valence-electron chi connectivity index (χ4n) is 4.65. The highest BCUT2D eigenvalue weighted by molar-refractivity contribution is 6.33. The minimum Gasteiger partial charge on any atom is -0.457 e. The summed E-state index contributed by atoms with van der Waals surface area (Å²) in [6.07, 6.45) is 1.40. The summed E-state index contributed by atoms with van der Waals surface area (Å²) in [4.78, 5) is 40.4. The zero-order valence-electron chi connectivity index (χ0n) is 21.0. The van der Waals surface area contributed by atoms with E-state index in [1.54, 1.807) is 30.3 Å². The van der Waals surface area contributed by atoms with Crippen LogP contribution in [0.15, 0.2) is 90.6 Å². The Balaban J connectivity index is 1.42. The lowest BCUT2D eigenvalue weighted by Crippen LogP contribution is -2.31. The maximum atomic E-state index is 12.9. The molecule has 0 radical (unpaired) electrons. The van der Waals surface area contributed by atoms with Crippen LogP contribution in [0.5, 0.6) is 0 Å². The molecule has 1 aliphatic rings. The Kier molecular flexibility index (Phi) is 7.79. The van der Waals surface area contributed by atoms with Crippen molar-refractivity contribution in [3.63, 3.8) is 0 Å². The number of benzene rings is 3. The highest BCUT2D eigenvalue weighted by atomic mass is 35.5. The summed E-state index contributed by atoms with van der Waals surface area (Å²) in [5.74, 6) is -1.31. The van der Waals surface area contributed by atoms with E-state index in [1.807, 2.05) is 60.5 Å². The maximum Gasteiger partial charge on any atom is 0.308 e. The fraction of sp³-hybridized carbons (Fsp3) is 0.233. The van der Waals surface area contributed by atoms with Crippen LogP contribution in [-0.4, -0.2) is 31.3 Å². The van der Waals surface area contributed by atoms with Gasteiger partial charge in [-0.1, -0.05) is 86.1 Å². The van der Waals surface area contributed by atoms with Crippen LogP contribution in [0.2, 0.25) is 5.02 Å². The monoisotopic (exact) mass is 516 g/mol. The predicted octanol–water partition coefficient (Wildman–Crippen LogP) is 5.63. The molecule has 1 heterocycles. The number of fused-ring (bicyclic) bond motifs is 1. The molecular formula is C30H29ClN2O4. The molecule has 1 atom stereocenters. The van der Waals surface area contributed by atoms with Crippen molar-refractivity contribution in [2.24, 2.45) is 0 Å². The zero-order chi connectivity index (χ0) is 26.6. The van der Waals surface area contributed by atoms with Crippen LogP contribution in [-0.2, 0) is 19.7 Å². The van der Waals surface area contributed by atoms with Gasteiger partial charge in [0.2, 0.25) is 0 Å². The Hall–Kier alpha value is -3.90. The average Bonchev–Trinajstić information content (AvgIpc) is 3.08. The number of amides is 1. The Morgan fingerprint density at radius 3 is 2.32 bits per heavy atom. The summed E-state index contributed by atoms with van der Waals surface area (Å²) >= 11 is 6.17. The molecule has 0 saturated carbocycles. The Labute approximate surface area is 221 Å². The van der Waals surface area contributed by atoms with E-state index in [1.165, 1.54) is 0 Å². The third-order valence-electron chi connectivity index (χ3n) is 6.61. The predicted molar refractivity (Wildman–Crippen MR) is 145 cm³/mol. The number of halogens is 1. The first-order valence-corrected chi connectivity index (χ1v) is 12.4. The fourth-order valence-corrected chi connectivity index (χ4v) is 4.87. The van der Waals surface area contributed by atoms with Crippen molar-refractivity contribution < 1.29 is 19.1 Å². The molecule has 0 saturated heterocycles. The summed E-state index contributed by atoms with van der Waals surface area (Å²) in [7, 11) is 1.92. The largest absolute Gasteiger partial charge is 0.457 e. The molecule has 7 heteroatoms. The van der Waals surface area contributed by atoms with Crippen LogP contribution in [0.3, 0.4) is 0 Å². The summed E-state index contributed by atoms with van der Waals surface area (Å²) < 4.78 is 5.33. The molecule has 0 aromatic heterocycles. The molecule has 37 heavy (non-hydrogen) atoms. The number of carbonyl (C=O) groups is 3. The highest BCUT2D eigenvalue weighted by Crippen LogP contribution is 2.46. The van der Waals surface area contributed by atoms with E-state index in [2.05, 4.69) is 25.2 Å². The normalized spacial score (nSPS) is 15.7. The molecule has 0 spiro atoms. The lowest BCUT2D eigenvalue weighted by atomic mass is 9.83. The maximum absolute atomic E-state index is 12.9. The Morgan fingerprint density at radius 2 is 1.62 bits per heavy atom. The van der Waals surface area contributed by atoms with Crippen LogP contribution in [0, 0.1) is 0 Å². The molecule has 1 aliphatic heterocycles. The van der Waals surface area contributed by atoms with E-state index in [9.17, 15) is 14.4 Å². The molecular weight excluding hydrogens is 488 g/mol. The van der Waals surface area contributed by atoms with Gasteiger partial charge in [0, 0.05) is 29.9 Å². The van der Waals surface area contributed by atoms with E-state index in [0.29, 0.717) is 10.6 Å².